The molecule has 0 saturated heterocycles. The fourth-order valence-corrected chi connectivity index (χ4v) is 2.77. The van der Waals surface area contributed by atoms with Gasteiger partial charge in [0, 0.05) is 5.56 Å². The van der Waals surface area contributed by atoms with Crippen molar-refractivity contribution in [1.82, 2.24) is 0 Å². The van der Waals surface area contributed by atoms with Gasteiger partial charge in [0.05, 0.1) is 7.11 Å². The molecule has 0 aliphatic heterocycles. The highest BCUT2D eigenvalue weighted by Crippen LogP contribution is 2.26. The standard InChI is InChI=1S/C20H22O3/c1-12-8-16(9-13(2)19(12)22)6-7-18(21)17-10-14(3)20(23-5)15(4)11-17/h6-11,22H,1-5H3/b7-6+. The molecule has 1 N–H and O–H groups in total. The Kier molecular flexibility index (Phi) is 4.89. The quantitative estimate of drug-likeness (QED) is 0.666. The molecule has 0 aliphatic rings. The highest BCUT2D eigenvalue weighted by molar-refractivity contribution is 6.07. The van der Waals surface area contributed by atoms with E-state index in [4.69, 9.17) is 4.74 Å². The van der Waals surface area contributed by atoms with Crippen molar-refractivity contribution in [1.29, 1.82) is 0 Å². The zero-order chi connectivity index (χ0) is 17.1. The second-order valence-corrected chi connectivity index (χ2v) is 5.84. The monoisotopic (exact) mass is 310 g/mol. The lowest BCUT2D eigenvalue weighted by atomic mass is 10.0. The zero-order valence-electron chi connectivity index (χ0n) is 14.2. The molecule has 0 spiro atoms. The number of benzene rings is 2. The van der Waals surface area contributed by atoms with Gasteiger partial charge in [0.2, 0.25) is 0 Å². The summed E-state index contributed by atoms with van der Waals surface area (Å²) in [6, 6.07) is 7.39. The van der Waals surface area contributed by atoms with E-state index in [0.717, 1.165) is 33.6 Å². The predicted molar refractivity (Wildman–Crippen MR) is 93.4 cm³/mol. The van der Waals surface area contributed by atoms with Crippen molar-refractivity contribution in [3.63, 3.8) is 0 Å². The van der Waals surface area contributed by atoms with Crippen molar-refractivity contribution in [2.75, 3.05) is 7.11 Å². The van der Waals surface area contributed by atoms with E-state index in [1.807, 2.05) is 52.0 Å². The maximum atomic E-state index is 12.4. The van der Waals surface area contributed by atoms with E-state index in [0.29, 0.717) is 11.3 Å². The van der Waals surface area contributed by atoms with Gasteiger partial charge in [-0.15, -0.1) is 0 Å². The molecule has 120 valence electrons. The van der Waals surface area contributed by atoms with Gasteiger partial charge >= 0.3 is 0 Å². The number of rotatable bonds is 4. The number of allylic oxidation sites excluding steroid dienone is 1. The minimum Gasteiger partial charge on any atom is -0.507 e. The largest absolute Gasteiger partial charge is 0.507 e. The molecule has 2 rings (SSSR count). The Morgan fingerprint density at radius 2 is 1.48 bits per heavy atom. The van der Waals surface area contributed by atoms with Crippen LogP contribution in [0.25, 0.3) is 6.08 Å². The second kappa shape index (κ2) is 6.69. The van der Waals surface area contributed by atoms with E-state index < -0.39 is 0 Å². The van der Waals surface area contributed by atoms with Gasteiger partial charge in [-0.2, -0.15) is 0 Å². The van der Waals surface area contributed by atoms with Crippen LogP contribution in [0.2, 0.25) is 0 Å². The van der Waals surface area contributed by atoms with Crippen LogP contribution in [0.15, 0.2) is 30.3 Å². The van der Waals surface area contributed by atoms with Crippen LogP contribution >= 0.6 is 0 Å². The number of aromatic hydroxyl groups is 1. The van der Waals surface area contributed by atoms with E-state index in [2.05, 4.69) is 0 Å². The van der Waals surface area contributed by atoms with Crippen LogP contribution in [0.1, 0.15) is 38.2 Å². The molecule has 3 heteroatoms. The lowest BCUT2D eigenvalue weighted by Gasteiger charge is -2.10. The van der Waals surface area contributed by atoms with Gasteiger partial charge in [-0.1, -0.05) is 6.08 Å². The number of carbonyl (C=O) groups excluding carboxylic acids is 1. The maximum Gasteiger partial charge on any atom is 0.185 e. The Labute approximate surface area is 137 Å². The fraction of sp³-hybridized carbons (Fsp3) is 0.250. The third-order valence-corrected chi connectivity index (χ3v) is 3.89. The predicted octanol–water partition coefficient (Wildman–Crippen LogP) is 4.53. The molecule has 2 aromatic rings. The van der Waals surface area contributed by atoms with Crippen molar-refractivity contribution in [3.8, 4) is 11.5 Å². The summed E-state index contributed by atoms with van der Waals surface area (Å²) in [5.41, 5.74) is 5.03. The fourth-order valence-electron chi connectivity index (χ4n) is 2.77. The highest BCUT2D eigenvalue weighted by Gasteiger charge is 2.09. The van der Waals surface area contributed by atoms with E-state index in [-0.39, 0.29) is 5.78 Å². The minimum absolute atomic E-state index is 0.0535. The summed E-state index contributed by atoms with van der Waals surface area (Å²) in [5, 5.41) is 9.79. The van der Waals surface area contributed by atoms with Gasteiger partial charge in [-0.05, 0) is 85.9 Å². The number of aryl methyl sites for hydroxylation is 4. The van der Waals surface area contributed by atoms with Crippen LogP contribution in [-0.4, -0.2) is 18.0 Å². The van der Waals surface area contributed by atoms with Crippen LogP contribution in [0.5, 0.6) is 11.5 Å². The van der Waals surface area contributed by atoms with Crippen LogP contribution in [0.3, 0.4) is 0 Å². The highest BCUT2D eigenvalue weighted by atomic mass is 16.5. The summed E-state index contributed by atoms with van der Waals surface area (Å²) in [5.74, 6) is 1.06. The zero-order valence-corrected chi connectivity index (χ0v) is 14.2. The lowest BCUT2D eigenvalue weighted by molar-refractivity contribution is 0.104. The number of phenols is 1. The molecular formula is C20H22O3. The van der Waals surface area contributed by atoms with Gasteiger partial charge in [-0.3, -0.25) is 4.79 Å². The Bertz CT molecular complexity index is 739. The maximum absolute atomic E-state index is 12.4. The van der Waals surface area contributed by atoms with Gasteiger partial charge < -0.3 is 9.84 Å². The summed E-state index contributed by atoms with van der Waals surface area (Å²) >= 11 is 0. The Morgan fingerprint density at radius 1 is 0.957 bits per heavy atom. The summed E-state index contributed by atoms with van der Waals surface area (Å²) in [6.45, 7) is 7.55. The number of ketones is 1. The minimum atomic E-state index is -0.0535. The van der Waals surface area contributed by atoms with E-state index in [1.165, 1.54) is 0 Å². The molecular weight excluding hydrogens is 288 g/mol. The SMILES string of the molecule is COc1c(C)cc(C(=O)/C=C/c2cc(C)c(O)c(C)c2)cc1C. The number of hydrogen-bond acceptors (Lipinski definition) is 3. The number of phenolic OH excluding ortho intramolecular Hbond substituents is 1. The molecule has 2 aromatic carbocycles. The number of methoxy groups -OCH3 is 1. The molecule has 0 aromatic heterocycles. The van der Waals surface area contributed by atoms with Crippen LogP contribution < -0.4 is 4.74 Å². The van der Waals surface area contributed by atoms with Gasteiger partial charge in [-0.25, -0.2) is 0 Å². The molecule has 0 amide bonds. The molecule has 0 unspecified atom stereocenters. The summed E-state index contributed by atoms with van der Waals surface area (Å²) in [6.07, 6.45) is 3.34. The van der Waals surface area contributed by atoms with Gasteiger partial charge in [0.25, 0.3) is 0 Å². The Hall–Kier alpha value is -2.55. The van der Waals surface area contributed by atoms with Crippen molar-refractivity contribution in [3.05, 3.63) is 63.7 Å². The Balaban J connectivity index is 2.29. The number of carbonyl (C=O) groups is 1. The summed E-state index contributed by atoms with van der Waals surface area (Å²) in [7, 11) is 1.63. The number of hydrogen-bond donors (Lipinski definition) is 1. The molecule has 0 aliphatic carbocycles. The molecule has 0 atom stereocenters. The summed E-state index contributed by atoms with van der Waals surface area (Å²) in [4.78, 5) is 12.4. The van der Waals surface area contributed by atoms with Gasteiger partial charge in [0.1, 0.15) is 11.5 Å². The third-order valence-electron chi connectivity index (χ3n) is 3.89. The van der Waals surface area contributed by atoms with Crippen LogP contribution in [-0.2, 0) is 0 Å². The van der Waals surface area contributed by atoms with Crippen molar-refractivity contribution >= 4 is 11.9 Å². The molecule has 3 nitrogen and oxygen atoms in total. The molecule has 0 bridgehead atoms. The lowest BCUT2D eigenvalue weighted by Crippen LogP contribution is -1.99. The van der Waals surface area contributed by atoms with Crippen molar-refractivity contribution < 1.29 is 14.6 Å². The second-order valence-electron chi connectivity index (χ2n) is 5.84. The van der Waals surface area contributed by atoms with E-state index in [1.54, 1.807) is 19.3 Å². The van der Waals surface area contributed by atoms with Crippen LogP contribution in [0.4, 0.5) is 0 Å². The molecule has 0 radical (unpaired) electrons. The van der Waals surface area contributed by atoms with E-state index >= 15 is 0 Å². The molecule has 23 heavy (non-hydrogen) atoms. The average Bonchev–Trinajstić information content (AvgIpc) is 2.49. The first kappa shape index (κ1) is 16.8. The normalized spacial score (nSPS) is 11.0. The van der Waals surface area contributed by atoms with Crippen molar-refractivity contribution in [2.24, 2.45) is 0 Å². The third kappa shape index (κ3) is 3.62. The van der Waals surface area contributed by atoms with Gasteiger partial charge in [0.15, 0.2) is 5.78 Å². The van der Waals surface area contributed by atoms with Crippen LogP contribution in [0, 0.1) is 27.7 Å². The first-order valence-corrected chi connectivity index (χ1v) is 7.51. The van der Waals surface area contributed by atoms with Crippen molar-refractivity contribution in [2.45, 2.75) is 27.7 Å². The molecule has 0 fully saturated rings. The topological polar surface area (TPSA) is 46.5 Å². The Morgan fingerprint density at radius 3 is 1.96 bits per heavy atom. The number of ether oxygens (including phenoxy) is 1. The first-order valence-electron chi connectivity index (χ1n) is 7.51. The van der Waals surface area contributed by atoms with E-state index in [9.17, 15) is 9.90 Å². The first-order chi connectivity index (χ1) is 10.8. The molecule has 0 saturated carbocycles. The smallest absolute Gasteiger partial charge is 0.185 e. The molecule has 0 heterocycles. The summed E-state index contributed by atoms with van der Waals surface area (Å²) < 4.78 is 5.32. The average molecular weight is 310 g/mol.